The molecule has 0 amide bonds. The van der Waals surface area contributed by atoms with Crippen molar-refractivity contribution in [3.63, 3.8) is 0 Å². The van der Waals surface area contributed by atoms with Gasteiger partial charge in [-0.1, -0.05) is 55.9 Å². The Bertz CT molecular complexity index is 691. The standard InChI is InChI=1S/C30H52O4/c1-21(31)8-5-9-23(10-6-16-29(2,3)34)27-14-15-28-24(11-7-17-30(27,28)4)13-12-22-18-25(32)20-26(33)19-22/h12-13,21,23,25-28,31-34H,5-11,14-20H2,1-4H3/b22-12-,24-13+/t21?,23?,25?,26-,27-,28?,30-/m1/s1. The van der Waals surface area contributed by atoms with Crippen LogP contribution in [-0.2, 0) is 0 Å². The molecule has 3 saturated carbocycles. The van der Waals surface area contributed by atoms with Gasteiger partial charge in [0.15, 0.2) is 0 Å². The molecule has 196 valence electrons. The van der Waals surface area contributed by atoms with Crippen LogP contribution in [0.15, 0.2) is 23.3 Å². The Balaban J connectivity index is 1.72. The van der Waals surface area contributed by atoms with Crippen molar-refractivity contribution < 1.29 is 20.4 Å². The van der Waals surface area contributed by atoms with Gasteiger partial charge in [-0.2, -0.15) is 0 Å². The summed E-state index contributed by atoms with van der Waals surface area (Å²) in [5, 5.41) is 40.1. The van der Waals surface area contributed by atoms with E-state index in [4.69, 9.17) is 0 Å². The predicted molar refractivity (Wildman–Crippen MR) is 139 cm³/mol. The molecule has 0 radical (unpaired) electrons. The number of hydrogen-bond donors (Lipinski definition) is 4. The molecule has 3 fully saturated rings. The molecular formula is C30H52O4. The van der Waals surface area contributed by atoms with Crippen LogP contribution in [-0.4, -0.2) is 44.3 Å². The fourth-order valence-electron chi connectivity index (χ4n) is 7.60. The maximum Gasteiger partial charge on any atom is 0.0602 e. The number of aliphatic hydroxyl groups excluding tert-OH is 3. The number of fused-ring (bicyclic) bond motifs is 1. The van der Waals surface area contributed by atoms with E-state index < -0.39 is 17.8 Å². The molecule has 0 saturated heterocycles. The van der Waals surface area contributed by atoms with Gasteiger partial charge in [-0.05, 0) is 108 Å². The molecule has 3 aliphatic carbocycles. The molecule has 4 N–H and O–H groups in total. The number of aliphatic hydroxyl groups is 4. The maximum atomic E-state index is 10.2. The van der Waals surface area contributed by atoms with E-state index in [1.54, 1.807) is 5.57 Å². The largest absolute Gasteiger partial charge is 0.393 e. The van der Waals surface area contributed by atoms with Crippen molar-refractivity contribution in [2.75, 3.05) is 0 Å². The van der Waals surface area contributed by atoms with Crippen molar-refractivity contribution in [2.45, 2.75) is 141 Å². The van der Waals surface area contributed by atoms with Gasteiger partial charge in [-0.3, -0.25) is 0 Å². The van der Waals surface area contributed by atoms with Crippen LogP contribution >= 0.6 is 0 Å². The molecule has 0 spiro atoms. The van der Waals surface area contributed by atoms with E-state index in [9.17, 15) is 20.4 Å². The second-order valence-corrected chi connectivity index (χ2v) is 12.9. The molecule has 7 atom stereocenters. The second-order valence-electron chi connectivity index (χ2n) is 12.9. The molecular weight excluding hydrogens is 424 g/mol. The van der Waals surface area contributed by atoms with Gasteiger partial charge in [0.1, 0.15) is 0 Å². The van der Waals surface area contributed by atoms with E-state index in [2.05, 4.69) is 19.1 Å². The monoisotopic (exact) mass is 476 g/mol. The first-order chi connectivity index (χ1) is 16.0. The third-order valence-electron chi connectivity index (χ3n) is 9.24. The minimum atomic E-state index is -0.596. The normalized spacial score (nSPS) is 36.6. The molecule has 0 aromatic carbocycles. The van der Waals surface area contributed by atoms with Gasteiger partial charge >= 0.3 is 0 Å². The van der Waals surface area contributed by atoms with Crippen molar-refractivity contribution >= 4 is 0 Å². The Morgan fingerprint density at radius 2 is 1.71 bits per heavy atom. The van der Waals surface area contributed by atoms with Crippen LogP contribution in [0.4, 0.5) is 0 Å². The van der Waals surface area contributed by atoms with Crippen LogP contribution in [0.3, 0.4) is 0 Å². The zero-order chi connectivity index (χ0) is 24.9. The SMILES string of the molecule is CC(O)CCCC(CCCC(C)(C)O)[C@H]1CCC2/C(=C/C=C3/CC(O)C[C@H](O)C3)CCC[C@@]21C. The average molecular weight is 477 g/mol. The summed E-state index contributed by atoms with van der Waals surface area (Å²) in [4.78, 5) is 0. The minimum absolute atomic E-state index is 0.224. The Hall–Kier alpha value is -0.680. The van der Waals surface area contributed by atoms with Gasteiger partial charge in [0, 0.05) is 0 Å². The summed E-state index contributed by atoms with van der Waals surface area (Å²) < 4.78 is 0. The van der Waals surface area contributed by atoms with Crippen LogP contribution in [0.5, 0.6) is 0 Å². The molecule has 0 aromatic heterocycles. The zero-order valence-electron chi connectivity index (χ0n) is 22.3. The van der Waals surface area contributed by atoms with Gasteiger partial charge in [0.2, 0.25) is 0 Å². The topological polar surface area (TPSA) is 80.9 Å². The lowest BCUT2D eigenvalue weighted by Crippen LogP contribution is -2.37. The first-order valence-electron chi connectivity index (χ1n) is 14.1. The number of rotatable bonds is 10. The van der Waals surface area contributed by atoms with Crippen LogP contribution in [0.1, 0.15) is 118 Å². The molecule has 0 bridgehead atoms. The van der Waals surface area contributed by atoms with Crippen molar-refractivity contribution in [3.8, 4) is 0 Å². The Morgan fingerprint density at radius 1 is 1.03 bits per heavy atom. The molecule has 4 unspecified atom stereocenters. The van der Waals surface area contributed by atoms with Crippen LogP contribution in [0.25, 0.3) is 0 Å². The highest BCUT2D eigenvalue weighted by Gasteiger charge is 2.51. The highest BCUT2D eigenvalue weighted by Crippen LogP contribution is 2.60. The Labute approximate surface area is 208 Å². The fraction of sp³-hybridized carbons (Fsp3) is 0.867. The van der Waals surface area contributed by atoms with Gasteiger partial charge in [-0.15, -0.1) is 0 Å². The van der Waals surface area contributed by atoms with E-state index in [1.165, 1.54) is 50.5 Å². The summed E-state index contributed by atoms with van der Waals surface area (Å²) in [7, 11) is 0. The second kappa shape index (κ2) is 12.0. The molecule has 0 heterocycles. The summed E-state index contributed by atoms with van der Waals surface area (Å²) in [6.45, 7) is 8.27. The minimum Gasteiger partial charge on any atom is -0.393 e. The molecule has 34 heavy (non-hydrogen) atoms. The van der Waals surface area contributed by atoms with E-state index in [0.717, 1.165) is 25.7 Å². The smallest absolute Gasteiger partial charge is 0.0602 e. The van der Waals surface area contributed by atoms with E-state index in [-0.39, 0.29) is 6.10 Å². The van der Waals surface area contributed by atoms with E-state index in [1.807, 2.05) is 20.8 Å². The highest BCUT2D eigenvalue weighted by molar-refractivity contribution is 5.26. The van der Waals surface area contributed by atoms with Crippen molar-refractivity contribution in [1.82, 2.24) is 0 Å². The number of hydrogen-bond acceptors (Lipinski definition) is 4. The summed E-state index contributed by atoms with van der Waals surface area (Å²) in [5.74, 6) is 2.01. The molecule has 3 aliphatic rings. The molecule has 4 heteroatoms. The third-order valence-corrected chi connectivity index (χ3v) is 9.24. The predicted octanol–water partition coefficient (Wildman–Crippen LogP) is 6.07. The zero-order valence-corrected chi connectivity index (χ0v) is 22.3. The lowest BCUT2D eigenvalue weighted by molar-refractivity contribution is 0.0546. The average Bonchev–Trinajstić information content (AvgIpc) is 3.06. The van der Waals surface area contributed by atoms with E-state index >= 15 is 0 Å². The lowest BCUT2D eigenvalue weighted by atomic mass is 9.60. The lowest BCUT2D eigenvalue weighted by Gasteiger charge is -2.45. The molecule has 0 aromatic rings. The molecule has 4 nitrogen and oxygen atoms in total. The quantitative estimate of drug-likeness (QED) is 0.308. The molecule has 3 rings (SSSR count). The van der Waals surface area contributed by atoms with Gasteiger partial charge in [0.25, 0.3) is 0 Å². The number of allylic oxidation sites excluding steroid dienone is 3. The van der Waals surface area contributed by atoms with Crippen LogP contribution in [0, 0.1) is 23.2 Å². The third kappa shape index (κ3) is 7.66. The van der Waals surface area contributed by atoms with E-state index in [0.29, 0.717) is 42.4 Å². The van der Waals surface area contributed by atoms with Crippen molar-refractivity contribution in [3.05, 3.63) is 23.3 Å². The summed E-state index contributed by atoms with van der Waals surface area (Å²) in [6.07, 6.45) is 17.9. The van der Waals surface area contributed by atoms with Gasteiger partial charge < -0.3 is 20.4 Å². The first kappa shape index (κ1) is 27.9. The van der Waals surface area contributed by atoms with Crippen LogP contribution in [0.2, 0.25) is 0 Å². The maximum absolute atomic E-state index is 10.2. The summed E-state index contributed by atoms with van der Waals surface area (Å²) in [6, 6.07) is 0. The first-order valence-corrected chi connectivity index (χ1v) is 14.1. The fourth-order valence-corrected chi connectivity index (χ4v) is 7.60. The highest BCUT2D eigenvalue weighted by atomic mass is 16.3. The summed E-state index contributed by atoms with van der Waals surface area (Å²) >= 11 is 0. The van der Waals surface area contributed by atoms with Crippen LogP contribution < -0.4 is 0 Å². The van der Waals surface area contributed by atoms with Crippen molar-refractivity contribution in [1.29, 1.82) is 0 Å². The Kier molecular flexibility index (Phi) is 9.88. The van der Waals surface area contributed by atoms with Gasteiger partial charge in [0.05, 0.1) is 23.9 Å². The molecule has 0 aliphatic heterocycles. The Morgan fingerprint density at radius 3 is 2.35 bits per heavy atom. The summed E-state index contributed by atoms with van der Waals surface area (Å²) in [5.41, 5.74) is 2.50. The van der Waals surface area contributed by atoms with Crippen molar-refractivity contribution in [2.24, 2.45) is 23.2 Å². The van der Waals surface area contributed by atoms with Gasteiger partial charge in [-0.25, -0.2) is 0 Å².